The molecule has 1 aromatic rings. The number of hydrogen-bond acceptors (Lipinski definition) is 3. The van der Waals surface area contributed by atoms with Gasteiger partial charge in [0.05, 0.1) is 17.8 Å². The van der Waals surface area contributed by atoms with Crippen molar-refractivity contribution < 1.29 is 22.8 Å². The minimum Gasteiger partial charge on any atom is -0.345 e. The number of rotatable bonds is 4. The van der Waals surface area contributed by atoms with Gasteiger partial charge >= 0.3 is 0 Å². The molecule has 0 aromatic heterocycles. The predicted octanol–water partition coefficient (Wildman–Crippen LogP) is 1.82. The highest BCUT2D eigenvalue weighted by atomic mass is 19.2. The molecular weight excluding hydrogens is 311 g/mol. The summed E-state index contributed by atoms with van der Waals surface area (Å²) in [5, 5.41) is 4.47. The summed E-state index contributed by atoms with van der Waals surface area (Å²) in [6.07, 6.45) is 3.78. The zero-order chi connectivity index (χ0) is 17.0. The fourth-order valence-electron chi connectivity index (χ4n) is 2.56. The van der Waals surface area contributed by atoms with Crippen LogP contribution in [0.4, 0.5) is 18.9 Å². The number of hydrogen-bond donors (Lipinski definition) is 3. The molecule has 0 bridgehead atoms. The maximum absolute atomic E-state index is 13.4. The van der Waals surface area contributed by atoms with Gasteiger partial charge in [-0.25, -0.2) is 13.2 Å². The van der Waals surface area contributed by atoms with Gasteiger partial charge in [-0.05, 0) is 25.0 Å². The van der Waals surface area contributed by atoms with Crippen LogP contribution in [0.2, 0.25) is 0 Å². The van der Waals surface area contributed by atoms with E-state index in [9.17, 15) is 22.8 Å². The molecule has 4 N–H and O–H groups in total. The minimum absolute atomic E-state index is 0.434. The van der Waals surface area contributed by atoms with Crippen molar-refractivity contribution in [2.45, 2.75) is 37.6 Å². The van der Waals surface area contributed by atoms with E-state index in [1.165, 1.54) is 0 Å². The van der Waals surface area contributed by atoms with Crippen molar-refractivity contribution in [3.63, 3.8) is 0 Å². The van der Waals surface area contributed by atoms with Crippen LogP contribution in [0, 0.1) is 17.5 Å². The zero-order valence-electron chi connectivity index (χ0n) is 12.4. The van der Waals surface area contributed by atoms with Crippen LogP contribution >= 0.6 is 0 Å². The Morgan fingerprint density at radius 3 is 2.39 bits per heavy atom. The first-order chi connectivity index (χ1) is 10.8. The number of amides is 2. The number of halogens is 3. The fraction of sp³-hybridized carbons (Fsp3) is 0.467. The number of anilines is 1. The van der Waals surface area contributed by atoms with E-state index >= 15 is 0 Å². The lowest BCUT2D eigenvalue weighted by Gasteiger charge is -2.31. The van der Waals surface area contributed by atoms with Crippen molar-refractivity contribution in [2.75, 3.05) is 11.9 Å². The van der Waals surface area contributed by atoms with Gasteiger partial charge in [0, 0.05) is 0 Å². The Balaban J connectivity index is 1.90. The van der Waals surface area contributed by atoms with Crippen LogP contribution in [0.15, 0.2) is 12.1 Å². The van der Waals surface area contributed by atoms with E-state index in [1.807, 2.05) is 0 Å². The van der Waals surface area contributed by atoms with Gasteiger partial charge in [0.25, 0.3) is 0 Å². The average molecular weight is 329 g/mol. The summed E-state index contributed by atoms with van der Waals surface area (Å²) in [5.41, 5.74) is 4.52. The van der Waals surface area contributed by atoms with Crippen molar-refractivity contribution in [3.8, 4) is 0 Å². The van der Waals surface area contributed by atoms with Gasteiger partial charge in [0.1, 0.15) is 0 Å². The Morgan fingerprint density at radius 2 is 1.74 bits per heavy atom. The Morgan fingerprint density at radius 1 is 1.09 bits per heavy atom. The van der Waals surface area contributed by atoms with E-state index in [4.69, 9.17) is 5.73 Å². The number of benzene rings is 1. The van der Waals surface area contributed by atoms with E-state index in [0.717, 1.165) is 25.3 Å². The fourth-order valence-corrected chi connectivity index (χ4v) is 2.56. The Hall–Kier alpha value is -2.09. The summed E-state index contributed by atoms with van der Waals surface area (Å²) in [5.74, 6) is -5.72. The lowest BCUT2D eigenvalue weighted by Crippen LogP contribution is -2.56. The summed E-state index contributed by atoms with van der Waals surface area (Å²) in [6, 6.07) is 1.60. The Kier molecular flexibility index (Phi) is 5.25. The van der Waals surface area contributed by atoms with E-state index in [1.54, 1.807) is 0 Å². The Bertz CT molecular complexity index is 616. The quantitative estimate of drug-likeness (QED) is 0.737. The second kappa shape index (κ2) is 6.99. The van der Waals surface area contributed by atoms with Crippen LogP contribution in [-0.2, 0) is 9.59 Å². The largest absolute Gasteiger partial charge is 0.345 e. The molecule has 0 heterocycles. The van der Waals surface area contributed by atoms with E-state index < -0.39 is 47.0 Å². The first-order valence-corrected chi connectivity index (χ1v) is 7.34. The molecule has 1 aromatic carbocycles. The average Bonchev–Trinajstić information content (AvgIpc) is 2.54. The number of carbonyl (C=O) groups is 2. The summed E-state index contributed by atoms with van der Waals surface area (Å²) in [7, 11) is 0. The molecule has 1 saturated carbocycles. The normalized spacial score (nSPS) is 16.7. The molecule has 23 heavy (non-hydrogen) atoms. The molecule has 1 fully saturated rings. The van der Waals surface area contributed by atoms with Gasteiger partial charge in [-0.3, -0.25) is 9.59 Å². The number of nitrogens with two attached hydrogens (primary N) is 1. The van der Waals surface area contributed by atoms with Crippen LogP contribution in [0.5, 0.6) is 0 Å². The van der Waals surface area contributed by atoms with Gasteiger partial charge in [0.15, 0.2) is 17.5 Å². The highest BCUT2D eigenvalue weighted by molar-refractivity contribution is 5.96. The van der Waals surface area contributed by atoms with E-state index in [2.05, 4.69) is 10.6 Å². The molecule has 8 heteroatoms. The summed E-state index contributed by atoms with van der Waals surface area (Å²) < 4.78 is 39.3. The van der Waals surface area contributed by atoms with Crippen LogP contribution < -0.4 is 16.4 Å². The van der Waals surface area contributed by atoms with E-state index in [0.29, 0.717) is 18.9 Å². The third-order valence-corrected chi connectivity index (χ3v) is 3.92. The monoisotopic (exact) mass is 329 g/mol. The molecule has 126 valence electrons. The van der Waals surface area contributed by atoms with Gasteiger partial charge in [-0.15, -0.1) is 0 Å². The highest BCUT2D eigenvalue weighted by Gasteiger charge is 2.35. The minimum atomic E-state index is -1.67. The SMILES string of the molecule is NC1(C(=O)NCC(=O)Nc2ccc(F)c(F)c2F)CCCCC1. The van der Waals surface area contributed by atoms with Crippen molar-refractivity contribution in [1.82, 2.24) is 5.32 Å². The lowest BCUT2D eigenvalue weighted by molar-refractivity contribution is -0.129. The zero-order valence-corrected chi connectivity index (χ0v) is 12.4. The molecule has 0 unspecified atom stereocenters. The van der Waals surface area contributed by atoms with E-state index in [-0.39, 0.29) is 0 Å². The van der Waals surface area contributed by atoms with Crippen molar-refractivity contribution in [1.29, 1.82) is 0 Å². The molecule has 2 amide bonds. The molecule has 5 nitrogen and oxygen atoms in total. The third-order valence-electron chi connectivity index (χ3n) is 3.92. The standard InChI is InChI=1S/C15H18F3N3O2/c16-9-4-5-10(13(18)12(9)17)21-11(22)8-20-14(23)15(19)6-2-1-3-7-15/h4-5H,1-3,6-8,19H2,(H,20,23)(H,21,22). The summed E-state index contributed by atoms with van der Waals surface area (Å²) in [6.45, 7) is -0.434. The second-order valence-corrected chi connectivity index (χ2v) is 5.67. The van der Waals surface area contributed by atoms with Crippen molar-refractivity contribution in [2.24, 2.45) is 5.73 Å². The number of nitrogens with one attached hydrogen (secondary N) is 2. The second-order valence-electron chi connectivity index (χ2n) is 5.67. The molecule has 0 radical (unpaired) electrons. The molecule has 0 saturated heterocycles. The van der Waals surface area contributed by atoms with Gasteiger partial charge in [-0.2, -0.15) is 0 Å². The maximum atomic E-state index is 13.4. The van der Waals surface area contributed by atoms with Crippen molar-refractivity contribution in [3.05, 3.63) is 29.6 Å². The highest BCUT2D eigenvalue weighted by Crippen LogP contribution is 2.26. The maximum Gasteiger partial charge on any atom is 0.243 e. The van der Waals surface area contributed by atoms with Gasteiger partial charge in [0.2, 0.25) is 11.8 Å². The lowest BCUT2D eigenvalue weighted by atomic mass is 9.82. The molecule has 2 rings (SSSR count). The molecular formula is C15H18F3N3O2. The number of carbonyl (C=O) groups excluding carboxylic acids is 2. The van der Waals surface area contributed by atoms with Crippen LogP contribution in [0.1, 0.15) is 32.1 Å². The molecule has 1 aliphatic carbocycles. The van der Waals surface area contributed by atoms with Crippen LogP contribution in [0.3, 0.4) is 0 Å². The Labute approximate surface area is 131 Å². The molecule has 0 spiro atoms. The van der Waals surface area contributed by atoms with Crippen LogP contribution in [0.25, 0.3) is 0 Å². The van der Waals surface area contributed by atoms with Crippen molar-refractivity contribution >= 4 is 17.5 Å². The summed E-state index contributed by atoms with van der Waals surface area (Å²) in [4.78, 5) is 23.7. The summed E-state index contributed by atoms with van der Waals surface area (Å²) >= 11 is 0. The molecule has 0 atom stereocenters. The van der Waals surface area contributed by atoms with Gasteiger partial charge < -0.3 is 16.4 Å². The third kappa shape index (κ3) is 4.01. The topological polar surface area (TPSA) is 84.2 Å². The first kappa shape index (κ1) is 17.3. The molecule has 1 aliphatic rings. The van der Waals surface area contributed by atoms with Crippen LogP contribution in [-0.4, -0.2) is 23.9 Å². The smallest absolute Gasteiger partial charge is 0.243 e. The van der Waals surface area contributed by atoms with Gasteiger partial charge in [-0.1, -0.05) is 19.3 Å². The first-order valence-electron chi connectivity index (χ1n) is 7.34. The molecule has 0 aliphatic heterocycles. The predicted molar refractivity (Wildman–Crippen MR) is 78.0 cm³/mol.